The summed E-state index contributed by atoms with van der Waals surface area (Å²) in [5, 5.41) is 1.88. The van der Waals surface area contributed by atoms with Crippen molar-refractivity contribution < 1.29 is 13.9 Å². The van der Waals surface area contributed by atoms with Gasteiger partial charge in [-0.05, 0) is 48.2 Å². The van der Waals surface area contributed by atoms with Gasteiger partial charge in [0.05, 0.1) is 10.4 Å². The van der Waals surface area contributed by atoms with Crippen molar-refractivity contribution in [2.45, 2.75) is 13.5 Å². The largest absolute Gasteiger partial charge is 0.488 e. The number of ketones is 1. The van der Waals surface area contributed by atoms with E-state index >= 15 is 0 Å². The first-order valence-corrected chi connectivity index (χ1v) is 8.07. The fourth-order valence-corrected chi connectivity index (χ4v) is 2.91. The average molecular weight is 326 g/mol. The average Bonchev–Trinajstić information content (AvgIpc) is 3.09. The number of hydrogen-bond acceptors (Lipinski definition) is 3. The Hall–Kier alpha value is -2.46. The second-order valence-electron chi connectivity index (χ2n) is 5.22. The van der Waals surface area contributed by atoms with Crippen molar-refractivity contribution in [1.82, 2.24) is 0 Å². The second kappa shape index (κ2) is 6.75. The normalized spacial score (nSPS) is 10.5. The van der Waals surface area contributed by atoms with Crippen LogP contribution in [0.5, 0.6) is 5.75 Å². The standard InChI is InChI=1S/C19H15FO2S/c1-13-4-9-17(22-12-14-5-7-15(20)8-6-14)16(11-13)19(21)18-3-2-10-23-18/h2-11H,12H2,1H3. The Morgan fingerprint density at radius 1 is 1.13 bits per heavy atom. The predicted molar refractivity (Wildman–Crippen MR) is 89.7 cm³/mol. The molecule has 3 rings (SSSR count). The summed E-state index contributed by atoms with van der Waals surface area (Å²) in [6.45, 7) is 2.23. The van der Waals surface area contributed by atoms with Crippen molar-refractivity contribution >= 4 is 17.1 Å². The van der Waals surface area contributed by atoms with Gasteiger partial charge in [0.2, 0.25) is 5.78 Å². The summed E-state index contributed by atoms with van der Waals surface area (Å²) in [7, 11) is 0. The Bertz CT molecular complexity index is 808. The molecule has 0 aliphatic heterocycles. The summed E-state index contributed by atoms with van der Waals surface area (Å²) in [6, 6.07) is 15.3. The Labute approximate surface area is 138 Å². The summed E-state index contributed by atoms with van der Waals surface area (Å²) < 4.78 is 18.7. The Kier molecular flexibility index (Phi) is 4.53. The maximum atomic E-state index is 12.9. The number of aryl methyl sites for hydroxylation is 1. The van der Waals surface area contributed by atoms with Crippen LogP contribution in [0.3, 0.4) is 0 Å². The van der Waals surface area contributed by atoms with Gasteiger partial charge < -0.3 is 4.74 Å². The van der Waals surface area contributed by atoms with Gasteiger partial charge in [-0.1, -0.05) is 29.8 Å². The van der Waals surface area contributed by atoms with E-state index in [9.17, 15) is 9.18 Å². The lowest BCUT2D eigenvalue weighted by atomic mass is 10.1. The van der Waals surface area contributed by atoms with Gasteiger partial charge in [0, 0.05) is 0 Å². The zero-order chi connectivity index (χ0) is 16.2. The van der Waals surface area contributed by atoms with Crippen LogP contribution < -0.4 is 4.74 Å². The summed E-state index contributed by atoms with van der Waals surface area (Å²) >= 11 is 1.41. The lowest BCUT2D eigenvalue weighted by Gasteiger charge is -2.11. The van der Waals surface area contributed by atoms with E-state index in [4.69, 9.17) is 4.74 Å². The number of carbonyl (C=O) groups is 1. The third-order valence-electron chi connectivity index (χ3n) is 3.43. The molecule has 0 bridgehead atoms. The highest BCUT2D eigenvalue weighted by Crippen LogP contribution is 2.26. The number of rotatable bonds is 5. The Balaban J connectivity index is 1.84. The second-order valence-corrected chi connectivity index (χ2v) is 6.17. The van der Waals surface area contributed by atoms with E-state index < -0.39 is 0 Å². The fourth-order valence-electron chi connectivity index (χ4n) is 2.23. The van der Waals surface area contributed by atoms with Gasteiger partial charge in [-0.2, -0.15) is 0 Å². The quantitative estimate of drug-likeness (QED) is 0.616. The van der Waals surface area contributed by atoms with Crippen LogP contribution in [0.2, 0.25) is 0 Å². The molecule has 0 N–H and O–H groups in total. The van der Waals surface area contributed by atoms with Crippen LogP contribution in [0.15, 0.2) is 60.0 Å². The van der Waals surface area contributed by atoms with Crippen molar-refractivity contribution in [3.63, 3.8) is 0 Å². The van der Waals surface area contributed by atoms with Crippen LogP contribution in [0.1, 0.15) is 26.4 Å². The number of carbonyl (C=O) groups excluding carboxylic acids is 1. The number of hydrogen-bond donors (Lipinski definition) is 0. The van der Waals surface area contributed by atoms with Crippen LogP contribution in [0, 0.1) is 12.7 Å². The van der Waals surface area contributed by atoms with Gasteiger partial charge in [-0.3, -0.25) is 4.79 Å². The molecule has 2 nitrogen and oxygen atoms in total. The minimum absolute atomic E-state index is 0.0437. The van der Waals surface area contributed by atoms with Gasteiger partial charge >= 0.3 is 0 Å². The minimum Gasteiger partial charge on any atom is -0.488 e. The highest BCUT2D eigenvalue weighted by Gasteiger charge is 2.16. The van der Waals surface area contributed by atoms with E-state index in [2.05, 4.69) is 0 Å². The summed E-state index contributed by atoms with van der Waals surface area (Å²) in [5.74, 6) is 0.216. The third kappa shape index (κ3) is 3.66. The molecule has 0 saturated carbocycles. The first kappa shape index (κ1) is 15.4. The smallest absolute Gasteiger partial charge is 0.206 e. The van der Waals surface area contributed by atoms with E-state index in [1.807, 2.05) is 30.5 Å². The Morgan fingerprint density at radius 2 is 1.91 bits per heavy atom. The molecule has 1 heterocycles. The maximum absolute atomic E-state index is 12.9. The SMILES string of the molecule is Cc1ccc(OCc2ccc(F)cc2)c(C(=O)c2cccs2)c1. The van der Waals surface area contributed by atoms with Crippen LogP contribution in [-0.2, 0) is 6.61 Å². The summed E-state index contributed by atoms with van der Waals surface area (Å²) in [4.78, 5) is 13.3. The van der Waals surface area contributed by atoms with Crippen molar-refractivity contribution in [2.75, 3.05) is 0 Å². The van der Waals surface area contributed by atoms with E-state index in [-0.39, 0.29) is 18.2 Å². The molecule has 0 spiro atoms. The maximum Gasteiger partial charge on any atom is 0.206 e. The summed E-state index contributed by atoms with van der Waals surface area (Å²) in [5.41, 5.74) is 2.40. The van der Waals surface area contributed by atoms with Gasteiger partial charge in [0.25, 0.3) is 0 Å². The molecule has 1 aromatic heterocycles. The van der Waals surface area contributed by atoms with E-state index in [1.54, 1.807) is 24.3 Å². The molecular formula is C19H15FO2S. The van der Waals surface area contributed by atoms with Crippen LogP contribution in [0.25, 0.3) is 0 Å². The molecule has 2 aromatic carbocycles. The summed E-state index contributed by atoms with van der Waals surface area (Å²) in [6.07, 6.45) is 0. The molecule has 0 saturated heterocycles. The molecule has 23 heavy (non-hydrogen) atoms. The molecule has 116 valence electrons. The highest BCUT2D eigenvalue weighted by atomic mass is 32.1. The molecule has 0 amide bonds. The molecule has 0 fully saturated rings. The molecule has 3 aromatic rings. The van der Waals surface area contributed by atoms with E-state index in [0.29, 0.717) is 16.2 Å². The minimum atomic E-state index is -0.280. The fraction of sp³-hybridized carbons (Fsp3) is 0.105. The van der Waals surface area contributed by atoms with Crippen LogP contribution >= 0.6 is 11.3 Å². The lowest BCUT2D eigenvalue weighted by Crippen LogP contribution is -2.05. The van der Waals surface area contributed by atoms with Crippen molar-refractivity contribution in [1.29, 1.82) is 0 Å². The first-order valence-electron chi connectivity index (χ1n) is 7.19. The number of halogens is 1. The van der Waals surface area contributed by atoms with Crippen molar-refractivity contribution in [3.05, 3.63) is 87.4 Å². The van der Waals surface area contributed by atoms with E-state index in [1.165, 1.54) is 23.5 Å². The van der Waals surface area contributed by atoms with Gasteiger partial charge in [-0.25, -0.2) is 4.39 Å². The van der Waals surface area contributed by atoms with Crippen molar-refractivity contribution in [3.8, 4) is 5.75 Å². The third-order valence-corrected chi connectivity index (χ3v) is 4.30. The topological polar surface area (TPSA) is 26.3 Å². The highest BCUT2D eigenvalue weighted by molar-refractivity contribution is 7.12. The molecular weight excluding hydrogens is 311 g/mol. The molecule has 0 aliphatic carbocycles. The van der Waals surface area contributed by atoms with Crippen LogP contribution in [0.4, 0.5) is 4.39 Å². The van der Waals surface area contributed by atoms with Gasteiger partial charge in [0.15, 0.2) is 0 Å². The molecule has 0 atom stereocenters. The van der Waals surface area contributed by atoms with E-state index in [0.717, 1.165) is 11.1 Å². The molecule has 4 heteroatoms. The molecule has 0 radical (unpaired) electrons. The van der Waals surface area contributed by atoms with Gasteiger partial charge in [0.1, 0.15) is 18.2 Å². The first-order chi connectivity index (χ1) is 11.1. The number of thiophene rings is 1. The zero-order valence-electron chi connectivity index (χ0n) is 12.6. The van der Waals surface area contributed by atoms with Gasteiger partial charge in [-0.15, -0.1) is 11.3 Å². The predicted octanol–water partition coefficient (Wildman–Crippen LogP) is 5.01. The molecule has 0 aliphatic rings. The molecule has 0 unspecified atom stereocenters. The van der Waals surface area contributed by atoms with Crippen LogP contribution in [-0.4, -0.2) is 5.78 Å². The van der Waals surface area contributed by atoms with Crippen molar-refractivity contribution in [2.24, 2.45) is 0 Å². The Morgan fingerprint density at radius 3 is 2.61 bits per heavy atom. The lowest BCUT2D eigenvalue weighted by molar-refractivity contribution is 0.103. The zero-order valence-corrected chi connectivity index (χ0v) is 13.4. The number of ether oxygens (including phenoxy) is 1. The monoisotopic (exact) mass is 326 g/mol. The number of benzene rings is 2.